The number of carbonyl (C=O) groups is 2. The number of likely N-dealkylation sites (N-methyl/N-ethyl adjacent to an activating group) is 1. The largest absolute Gasteiger partial charge is 0.330 e. The maximum Gasteiger partial charge on any atom is 0.250 e. The van der Waals surface area contributed by atoms with Crippen molar-refractivity contribution < 1.29 is 9.59 Å². The molecule has 7 heteroatoms. The van der Waals surface area contributed by atoms with E-state index in [1.54, 1.807) is 23.3 Å². The fourth-order valence-corrected chi connectivity index (χ4v) is 6.51. The third kappa shape index (κ3) is 4.62. The number of amides is 2. The van der Waals surface area contributed by atoms with Crippen LogP contribution in [0.25, 0.3) is 10.2 Å². The number of hydrogen-bond acceptors (Lipinski definition) is 5. The summed E-state index contributed by atoms with van der Waals surface area (Å²) in [5, 5.41) is 2.72. The Hall–Kier alpha value is -2.38. The molecule has 0 spiro atoms. The molecular weight excluding hydrogens is 426 g/mol. The monoisotopic (exact) mass is 453 g/mol. The minimum Gasteiger partial charge on any atom is -0.330 e. The molecule has 0 saturated heterocycles. The van der Waals surface area contributed by atoms with E-state index in [0.29, 0.717) is 12.8 Å². The Kier molecular flexibility index (Phi) is 6.62. The van der Waals surface area contributed by atoms with Gasteiger partial charge in [0.05, 0.1) is 15.5 Å². The molecule has 0 aliphatic heterocycles. The SMILES string of the molecule is CC(Sc1nc2ccccc2s1)C(=O)N(C)C1(C(=O)Nc2ccccc2)CCCCC1. The minimum atomic E-state index is -0.812. The number of thiazole rings is 1. The Bertz CT molecular complexity index is 1030. The Morgan fingerprint density at radius 1 is 1.06 bits per heavy atom. The van der Waals surface area contributed by atoms with Crippen molar-refractivity contribution in [3.8, 4) is 0 Å². The van der Waals surface area contributed by atoms with Gasteiger partial charge in [0.2, 0.25) is 11.8 Å². The molecular formula is C24H27N3O2S2. The lowest BCUT2D eigenvalue weighted by Gasteiger charge is -2.43. The van der Waals surface area contributed by atoms with Crippen LogP contribution < -0.4 is 5.32 Å². The van der Waals surface area contributed by atoms with Crippen molar-refractivity contribution in [1.82, 2.24) is 9.88 Å². The average Bonchev–Trinajstić information content (AvgIpc) is 3.21. The Morgan fingerprint density at radius 3 is 2.45 bits per heavy atom. The highest BCUT2D eigenvalue weighted by Crippen LogP contribution is 2.37. The highest BCUT2D eigenvalue weighted by molar-refractivity contribution is 8.02. The fourth-order valence-electron chi connectivity index (χ4n) is 4.21. The molecule has 1 aliphatic carbocycles. The molecule has 1 aliphatic rings. The summed E-state index contributed by atoms with van der Waals surface area (Å²) in [5.74, 6) is -0.124. The van der Waals surface area contributed by atoms with E-state index >= 15 is 0 Å². The zero-order valence-electron chi connectivity index (χ0n) is 17.8. The first-order valence-electron chi connectivity index (χ1n) is 10.7. The van der Waals surface area contributed by atoms with Gasteiger partial charge in [-0.05, 0) is 44.0 Å². The van der Waals surface area contributed by atoms with Gasteiger partial charge in [-0.3, -0.25) is 9.59 Å². The molecule has 1 saturated carbocycles. The average molecular weight is 454 g/mol. The van der Waals surface area contributed by atoms with Gasteiger partial charge >= 0.3 is 0 Å². The number of fused-ring (bicyclic) bond motifs is 1. The summed E-state index contributed by atoms with van der Waals surface area (Å²) in [6, 6.07) is 17.5. The third-order valence-electron chi connectivity index (χ3n) is 6.01. The molecule has 1 fully saturated rings. The first kappa shape index (κ1) is 21.8. The zero-order chi connectivity index (χ0) is 21.8. The highest BCUT2D eigenvalue weighted by Gasteiger charge is 2.46. The Balaban J connectivity index is 1.52. The number of para-hydroxylation sites is 2. The number of nitrogens with zero attached hydrogens (tertiary/aromatic N) is 2. The number of nitrogens with one attached hydrogen (secondary N) is 1. The molecule has 1 unspecified atom stereocenters. The zero-order valence-corrected chi connectivity index (χ0v) is 19.5. The molecule has 0 radical (unpaired) electrons. The topological polar surface area (TPSA) is 62.3 Å². The molecule has 1 heterocycles. The quantitative estimate of drug-likeness (QED) is 0.495. The molecule has 1 atom stereocenters. The summed E-state index contributed by atoms with van der Waals surface area (Å²) in [4.78, 5) is 33.2. The molecule has 4 rings (SSSR count). The molecule has 3 aromatic rings. The van der Waals surface area contributed by atoms with Crippen LogP contribution in [0.4, 0.5) is 5.69 Å². The van der Waals surface area contributed by atoms with E-state index in [2.05, 4.69) is 10.3 Å². The van der Waals surface area contributed by atoms with Gasteiger partial charge in [0, 0.05) is 12.7 Å². The molecule has 31 heavy (non-hydrogen) atoms. The molecule has 1 aromatic heterocycles. The lowest BCUT2D eigenvalue weighted by Crippen LogP contribution is -2.59. The van der Waals surface area contributed by atoms with Crippen LogP contribution in [0.2, 0.25) is 0 Å². The van der Waals surface area contributed by atoms with E-state index in [-0.39, 0.29) is 17.1 Å². The molecule has 2 amide bonds. The summed E-state index contributed by atoms with van der Waals surface area (Å²) in [5.41, 5.74) is 0.900. The van der Waals surface area contributed by atoms with Gasteiger partial charge in [0.15, 0.2) is 4.34 Å². The van der Waals surface area contributed by atoms with Gasteiger partial charge in [0.1, 0.15) is 5.54 Å². The minimum absolute atomic E-state index is 0.0330. The van der Waals surface area contributed by atoms with Gasteiger partial charge in [0.25, 0.3) is 0 Å². The van der Waals surface area contributed by atoms with E-state index in [0.717, 1.165) is 39.5 Å². The van der Waals surface area contributed by atoms with Crippen LogP contribution in [0.3, 0.4) is 0 Å². The van der Waals surface area contributed by atoms with E-state index < -0.39 is 5.54 Å². The predicted octanol–water partition coefficient (Wildman–Crippen LogP) is 5.58. The molecule has 0 bridgehead atoms. The molecule has 162 valence electrons. The lowest BCUT2D eigenvalue weighted by molar-refractivity contribution is -0.145. The molecule has 5 nitrogen and oxygen atoms in total. The van der Waals surface area contributed by atoms with Crippen molar-refractivity contribution in [3.05, 3.63) is 54.6 Å². The Labute approximate surface area is 191 Å². The van der Waals surface area contributed by atoms with Crippen molar-refractivity contribution in [2.75, 3.05) is 12.4 Å². The van der Waals surface area contributed by atoms with Crippen LogP contribution in [0, 0.1) is 0 Å². The van der Waals surface area contributed by atoms with E-state index in [4.69, 9.17) is 0 Å². The highest BCUT2D eigenvalue weighted by atomic mass is 32.2. The second kappa shape index (κ2) is 9.40. The van der Waals surface area contributed by atoms with Crippen LogP contribution in [0.15, 0.2) is 58.9 Å². The standard InChI is InChI=1S/C24H27N3O2S2/c1-17(30-23-26-19-13-7-8-14-20(19)31-23)21(28)27(2)24(15-9-4-10-16-24)22(29)25-18-11-5-3-6-12-18/h3,5-8,11-14,17H,4,9-10,15-16H2,1-2H3,(H,25,29). The van der Waals surface area contributed by atoms with Crippen LogP contribution in [0.1, 0.15) is 39.0 Å². The summed E-state index contributed by atoms with van der Waals surface area (Å²) in [6.45, 7) is 1.90. The van der Waals surface area contributed by atoms with Crippen molar-refractivity contribution >= 4 is 50.8 Å². The summed E-state index contributed by atoms with van der Waals surface area (Å²) < 4.78 is 1.99. The van der Waals surface area contributed by atoms with Gasteiger partial charge in [-0.1, -0.05) is 61.4 Å². The van der Waals surface area contributed by atoms with Crippen LogP contribution >= 0.6 is 23.1 Å². The second-order valence-corrected chi connectivity index (χ2v) is 10.6. The van der Waals surface area contributed by atoms with Gasteiger partial charge in [-0.25, -0.2) is 4.98 Å². The number of benzene rings is 2. The third-order valence-corrected chi connectivity index (χ3v) is 8.23. The summed E-state index contributed by atoms with van der Waals surface area (Å²) in [7, 11) is 1.79. The molecule has 1 N–H and O–H groups in total. The number of anilines is 1. The van der Waals surface area contributed by atoms with Crippen LogP contribution in [-0.2, 0) is 9.59 Å². The van der Waals surface area contributed by atoms with Crippen molar-refractivity contribution in [3.63, 3.8) is 0 Å². The van der Waals surface area contributed by atoms with E-state index in [1.807, 2.05) is 61.5 Å². The van der Waals surface area contributed by atoms with Gasteiger partial charge < -0.3 is 10.2 Å². The summed E-state index contributed by atoms with van der Waals surface area (Å²) >= 11 is 3.07. The normalized spacial score (nSPS) is 16.6. The number of aromatic nitrogens is 1. The van der Waals surface area contributed by atoms with Crippen molar-refractivity contribution in [1.29, 1.82) is 0 Å². The molecule has 2 aromatic carbocycles. The first-order valence-corrected chi connectivity index (χ1v) is 12.4. The maximum absolute atomic E-state index is 13.4. The lowest BCUT2D eigenvalue weighted by atomic mass is 9.79. The van der Waals surface area contributed by atoms with Crippen LogP contribution in [0.5, 0.6) is 0 Å². The van der Waals surface area contributed by atoms with Gasteiger partial charge in [-0.15, -0.1) is 11.3 Å². The van der Waals surface area contributed by atoms with E-state index in [1.165, 1.54) is 11.8 Å². The maximum atomic E-state index is 13.4. The number of rotatable bonds is 6. The smallest absolute Gasteiger partial charge is 0.250 e. The van der Waals surface area contributed by atoms with E-state index in [9.17, 15) is 9.59 Å². The Morgan fingerprint density at radius 2 is 1.74 bits per heavy atom. The van der Waals surface area contributed by atoms with Crippen LogP contribution in [-0.4, -0.2) is 39.5 Å². The number of carbonyl (C=O) groups excluding carboxylic acids is 2. The number of hydrogen-bond donors (Lipinski definition) is 1. The second-order valence-electron chi connectivity index (χ2n) is 8.02. The van der Waals surface area contributed by atoms with Gasteiger partial charge in [-0.2, -0.15) is 0 Å². The fraction of sp³-hybridized carbons (Fsp3) is 0.375. The number of thioether (sulfide) groups is 1. The predicted molar refractivity (Wildman–Crippen MR) is 129 cm³/mol. The first-order chi connectivity index (χ1) is 15.0. The van der Waals surface area contributed by atoms with Crippen molar-refractivity contribution in [2.24, 2.45) is 0 Å². The summed E-state index contributed by atoms with van der Waals surface area (Å²) in [6.07, 6.45) is 4.36. The van der Waals surface area contributed by atoms with Crippen molar-refractivity contribution in [2.45, 2.75) is 54.2 Å².